The maximum absolute atomic E-state index is 11.7. The first-order valence-corrected chi connectivity index (χ1v) is 4.97. The normalized spacial score (nSPS) is 11.0. The summed E-state index contributed by atoms with van der Waals surface area (Å²) in [6.45, 7) is 0.200. The standard InChI is InChI=1S/C10H13F2NO4/c11-8(12)6-16-4-2-13-5-7-1-3-17-9(7)10(14)15/h1,3,8,13H,2,4-6H2,(H,14,15). The van der Waals surface area contributed by atoms with Gasteiger partial charge in [0.25, 0.3) is 6.43 Å². The highest BCUT2D eigenvalue weighted by Gasteiger charge is 2.12. The number of furan rings is 1. The molecule has 0 atom stereocenters. The van der Waals surface area contributed by atoms with Crippen LogP contribution >= 0.6 is 0 Å². The Morgan fingerprint density at radius 3 is 3.00 bits per heavy atom. The van der Waals surface area contributed by atoms with Gasteiger partial charge >= 0.3 is 5.97 Å². The van der Waals surface area contributed by atoms with Crippen LogP contribution in [0, 0.1) is 0 Å². The fourth-order valence-corrected chi connectivity index (χ4v) is 1.20. The molecule has 0 amide bonds. The number of rotatable bonds is 8. The van der Waals surface area contributed by atoms with Crippen LogP contribution in [-0.4, -0.2) is 37.3 Å². The fourth-order valence-electron chi connectivity index (χ4n) is 1.20. The molecule has 0 saturated heterocycles. The predicted octanol–water partition coefficient (Wildman–Crippen LogP) is 1.35. The van der Waals surface area contributed by atoms with Gasteiger partial charge in [-0.25, -0.2) is 13.6 Å². The highest BCUT2D eigenvalue weighted by atomic mass is 19.3. The van der Waals surface area contributed by atoms with Crippen molar-refractivity contribution in [3.05, 3.63) is 23.7 Å². The molecule has 1 heterocycles. The van der Waals surface area contributed by atoms with Crippen LogP contribution in [-0.2, 0) is 11.3 Å². The summed E-state index contributed by atoms with van der Waals surface area (Å²) in [6.07, 6.45) is -1.18. The molecule has 0 bridgehead atoms. The van der Waals surface area contributed by atoms with Gasteiger partial charge in [0.05, 0.1) is 12.9 Å². The predicted molar refractivity (Wildman–Crippen MR) is 54.2 cm³/mol. The lowest BCUT2D eigenvalue weighted by Gasteiger charge is -2.05. The molecule has 0 aliphatic carbocycles. The molecule has 0 saturated carbocycles. The number of hydrogen-bond donors (Lipinski definition) is 2. The third-order valence-electron chi connectivity index (χ3n) is 1.92. The van der Waals surface area contributed by atoms with E-state index in [1.165, 1.54) is 12.3 Å². The molecule has 5 nitrogen and oxygen atoms in total. The van der Waals surface area contributed by atoms with Crippen LogP contribution in [0.1, 0.15) is 16.1 Å². The van der Waals surface area contributed by atoms with Crippen LogP contribution in [0.15, 0.2) is 16.7 Å². The third-order valence-corrected chi connectivity index (χ3v) is 1.92. The van der Waals surface area contributed by atoms with E-state index in [1.807, 2.05) is 0 Å². The summed E-state index contributed by atoms with van der Waals surface area (Å²) in [5, 5.41) is 11.6. The van der Waals surface area contributed by atoms with E-state index in [0.29, 0.717) is 12.1 Å². The SMILES string of the molecule is O=C(O)c1occc1CNCCOCC(F)F. The molecular formula is C10H13F2NO4. The molecule has 2 N–H and O–H groups in total. The Hall–Kier alpha value is -1.47. The van der Waals surface area contributed by atoms with Crippen molar-refractivity contribution in [3.8, 4) is 0 Å². The van der Waals surface area contributed by atoms with Gasteiger partial charge in [0, 0.05) is 18.7 Å². The summed E-state index contributed by atoms with van der Waals surface area (Å²) in [5.41, 5.74) is 0.506. The number of alkyl halides is 2. The van der Waals surface area contributed by atoms with Crippen LogP contribution in [0.5, 0.6) is 0 Å². The average Bonchev–Trinajstić information content (AvgIpc) is 2.71. The number of hydrogen-bond acceptors (Lipinski definition) is 4. The zero-order valence-corrected chi connectivity index (χ0v) is 8.99. The Bertz CT molecular complexity index is 354. The second-order valence-corrected chi connectivity index (χ2v) is 3.22. The Morgan fingerprint density at radius 2 is 2.35 bits per heavy atom. The van der Waals surface area contributed by atoms with Crippen LogP contribution in [0.4, 0.5) is 8.78 Å². The average molecular weight is 249 g/mol. The molecule has 1 aromatic heterocycles. The lowest BCUT2D eigenvalue weighted by molar-refractivity contribution is 0.0187. The smallest absolute Gasteiger partial charge is 0.372 e. The molecule has 17 heavy (non-hydrogen) atoms. The minimum Gasteiger partial charge on any atom is -0.475 e. The first kappa shape index (κ1) is 13.6. The maximum Gasteiger partial charge on any atom is 0.372 e. The van der Waals surface area contributed by atoms with Crippen molar-refractivity contribution < 1.29 is 27.8 Å². The number of nitrogens with one attached hydrogen (secondary N) is 1. The fraction of sp³-hybridized carbons (Fsp3) is 0.500. The molecule has 1 rings (SSSR count). The number of halogens is 2. The second kappa shape index (κ2) is 6.97. The Kier molecular flexibility index (Phi) is 5.58. The monoisotopic (exact) mass is 249 g/mol. The number of carboxylic acid groups (broad SMARTS) is 1. The number of ether oxygens (including phenoxy) is 1. The van der Waals surface area contributed by atoms with E-state index in [0.717, 1.165) is 0 Å². The van der Waals surface area contributed by atoms with E-state index in [1.54, 1.807) is 0 Å². The van der Waals surface area contributed by atoms with Crippen molar-refractivity contribution in [3.63, 3.8) is 0 Å². The first-order chi connectivity index (χ1) is 8.11. The minimum absolute atomic E-state index is 0.119. The van der Waals surface area contributed by atoms with Crippen LogP contribution < -0.4 is 5.32 Å². The largest absolute Gasteiger partial charge is 0.475 e. The number of carbonyl (C=O) groups is 1. The highest BCUT2D eigenvalue weighted by molar-refractivity contribution is 5.86. The van der Waals surface area contributed by atoms with Crippen molar-refractivity contribution in [2.75, 3.05) is 19.8 Å². The molecule has 0 aliphatic heterocycles. The molecule has 0 aliphatic rings. The Balaban J connectivity index is 2.18. The maximum atomic E-state index is 11.7. The van der Waals surface area contributed by atoms with Crippen molar-refractivity contribution in [1.29, 1.82) is 0 Å². The van der Waals surface area contributed by atoms with Crippen molar-refractivity contribution in [2.45, 2.75) is 13.0 Å². The van der Waals surface area contributed by atoms with Gasteiger partial charge in [-0.1, -0.05) is 0 Å². The Morgan fingerprint density at radius 1 is 1.59 bits per heavy atom. The Labute approximate surface area is 96.4 Å². The number of carboxylic acids is 1. The van der Waals surface area contributed by atoms with Gasteiger partial charge in [0.1, 0.15) is 6.61 Å². The van der Waals surface area contributed by atoms with Crippen molar-refractivity contribution >= 4 is 5.97 Å². The quantitative estimate of drug-likeness (QED) is 0.680. The van der Waals surface area contributed by atoms with Crippen LogP contribution in [0.3, 0.4) is 0 Å². The van der Waals surface area contributed by atoms with Gasteiger partial charge in [0.15, 0.2) is 0 Å². The second-order valence-electron chi connectivity index (χ2n) is 3.22. The van der Waals surface area contributed by atoms with E-state index in [-0.39, 0.29) is 18.9 Å². The summed E-state index contributed by atoms with van der Waals surface area (Å²) >= 11 is 0. The van der Waals surface area contributed by atoms with Gasteiger partial charge in [-0.3, -0.25) is 0 Å². The summed E-state index contributed by atoms with van der Waals surface area (Å²) in [4.78, 5) is 10.7. The summed E-state index contributed by atoms with van der Waals surface area (Å²) < 4.78 is 32.8. The van der Waals surface area contributed by atoms with Crippen molar-refractivity contribution in [1.82, 2.24) is 5.32 Å². The third kappa shape index (κ3) is 4.92. The zero-order chi connectivity index (χ0) is 12.7. The highest BCUT2D eigenvalue weighted by Crippen LogP contribution is 2.09. The van der Waals surface area contributed by atoms with Crippen LogP contribution in [0.2, 0.25) is 0 Å². The van der Waals surface area contributed by atoms with E-state index in [4.69, 9.17) is 9.52 Å². The summed E-state index contributed by atoms with van der Waals surface area (Å²) in [6, 6.07) is 1.54. The van der Waals surface area contributed by atoms with E-state index < -0.39 is 19.0 Å². The molecule has 0 unspecified atom stereocenters. The molecule has 0 fully saturated rings. The minimum atomic E-state index is -2.47. The van der Waals surface area contributed by atoms with Gasteiger partial charge in [-0.05, 0) is 6.07 Å². The molecular weight excluding hydrogens is 236 g/mol. The molecule has 96 valence electrons. The van der Waals surface area contributed by atoms with E-state index in [9.17, 15) is 13.6 Å². The first-order valence-electron chi connectivity index (χ1n) is 4.97. The lowest BCUT2D eigenvalue weighted by atomic mass is 10.2. The van der Waals surface area contributed by atoms with Gasteiger partial charge in [0.2, 0.25) is 5.76 Å². The van der Waals surface area contributed by atoms with Gasteiger partial charge in [-0.15, -0.1) is 0 Å². The molecule has 0 spiro atoms. The van der Waals surface area contributed by atoms with Gasteiger partial charge in [-0.2, -0.15) is 0 Å². The van der Waals surface area contributed by atoms with Gasteiger partial charge < -0.3 is 19.6 Å². The zero-order valence-electron chi connectivity index (χ0n) is 8.99. The summed E-state index contributed by atoms with van der Waals surface area (Å²) in [7, 11) is 0. The van der Waals surface area contributed by atoms with Crippen LogP contribution in [0.25, 0.3) is 0 Å². The molecule has 1 aromatic rings. The topological polar surface area (TPSA) is 71.7 Å². The lowest BCUT2D eigenvalue weighted by Crippen LogP contribution is -2.21. The van der Waals surface area contributed by atoms with E-state index >= 15 is 0 Å². The molecule has 0 radical (unpaired) electrons. The summed E-state index contributed by atoms with van der Waals surface area (Å²) in [5.74, 6) is -1.26. The van der Waals surface area contributed by atoms with E-state index in [2.05, 4.69) is 10.1 Å². The van der Waals surface area contributed by atoms with Crippen molar-refractivity contribution in [2.24, 2.45) is 0 Å². The molecule has 0 aromatic carbocycles. The number of aromatic carboxylic acids is 1. The molecule has 7 heteroatoms.